The molecule has 1 aromatic carbocycles. The minimum atomic E-state index is -1.09. The van der Waals surface area contributed by atoms with Crippen molar-refractivity contribution in [3.8, 4) is 0 Å². The Balaban J connectivity index is 0.000000320. The molecule has 1 unspecified atom stereocenters. The summed E-state index contributed by atoms with van der Waals surface area (Å²) in [5.41, 5.74) is 0.186. The lowest BCUT2D eigenvalue weighted by atomic mass is 10.1. The fourth-order valence-electron chi connectivity index (χ4n) is 2.87. The summed E-state index contributed by atoms with van der Waals surface area (Å²) in [7, 11) is 0. The Kier molecular flexibility index (Phi) is 13.6. The predicted octanol–water partition coefficient (Wildman–Crippen LogP) is 4.58. The summed E-state index contributed by atoms with van der Waals surface area (Å²) >= 11 is 0. The maximum atomic E-state index is 11.6. The molecule has 2 N–H and O–H groups in total. The van der Waals surface area contributed by atoms with Gasteiger partial charge in [0, 0.05) is 32.8 Å². The summed E-state index contributed by atoms with van der Waals surface area (Å²) in [6.45, 7) is 9.17. The highest BCUT2D eigenvalue weighted by Gasteiger charge is 2.24. The molecule has 0 aromatic heterocycles. The number of hydrogen-bond acceptors (Lipinski definition) is 5. The number of nitrogens with one attached hydrogen (secondary N) is 1. The molecule has 2 aliphatic heterocycles. The third-order valence-corrected chi connectivity index (χ3v) is 4.43. The van der Waals surface area contributed by atoms with Crippen LogP contribution in [0.4, 0.5) is 4.79 Å². The summed E-state index contributed by atoms with van der Waals surface area (Å²) in [6, 6.07) is 8.11. The molecule has 0 radical (unpaired) electrons. The lowest BCUT2D eigenvalue weighted by Gasteiger charge is -2.22. The summed E-state index contributed by atoms with van der Waals surface area (Å²) < 4.78 is 15.2. The van der Waals surface area contributed by atoms with Crippen molar-refractivity contribution < 1.29 is 28.9 Å². The molecule has 176 valence electrons. The first kappa shape index (κ1) is 26.9. The molecule has 1 amide bonds. The van der Waals surface area contributed by atoms with Crippen molar-refractivity contribution in [3.05, 3.63) is 35.9 Å². The second kappa shape index (κ2) is 15.6. The summed E-state index contributed by atoms with van der Waals surface area (Å²) in [5.74, 6) is -1.09. The van der Waals surface area contributed by atoms with E-state index in [1.807, 2.05) is 30.3 Å². The van der Waals surface area contributed by atoms with Crippen LogP contribution in [-0.2, 0) is 25.4 Å². The first-order valence-electron chi connectivity index (χ1n) is 11.2. The van der Waals surface area contributed by atoms with Gasteiger partial charge in [-0.1, -0.05) is 30.3 Å². The van der Waals surface area contributed by atoms with Gasteiger partial charge in [-0.3, -0.25) is 0 Å². The minimum Gasteiger partial charge on any atom is -0.480 e. The third-order valence-electron chi connectivity index (χ3n) is 4.43. The number of alkyl carbamates (subject to hydrolysis) is 1. The number of carboxylic acids is 1. The van der Waals surface area contributed by atoms with Crippen LogP contribution in [0.1, 0.15) is 64.9 Å². The number of amides is 1. The standard InChI is InChI=1S/C14H19NO4.2C5H10O/c1-14(2,3)19-13(18)15-11(12(16)17)9-10-7-5-4-6-8-10;2*1-2-4-6-5-3-1/h4-8,11H,9H2,1-3H3,(H,15,18)(H,16,17);2*1-5H2. The Labute approximate surface area is 186 Å². The summed E-state index contributed by atoms with van der Waals surface area (Å²) in [4.78, 5) is 22.7. The molecule has 0 spiro atoms. The van der Waals surface area contributed by atoms with Gasteiger partial charge in [-0.15, -0.1) is 0 Å². The highest BCUT2D eigenvalue weighted by atomic mass is 16.6. The van der Waals surface area contributed by atoms with Gasteiger partial charge >= 0.3 is 12.1 Å². The lowest BCUT2D eigenvalue weighted by Crippen LogP contribution is -2.44. The van der Waals surface area contributed by atoms with Crippen LogP contribution >= 0.6 is 0 Å². The van der Waals surface area contributed by atoms with Crippen molar-refractivity contribution in [2.75, 3.05) is 26.4 Å². The Morgan fingerprint density at radius 2 is 1.42 bits per heavy atom. The zero-order chi connectivity index (χ0) is 23.0. The normalized spacial score (nSPS) is 17.0. The van der Waals surface area contributed by atoms with E-state index >= 15 is 0 Å². The van der Waals surface area contributed by atoms with Gasteiger partial charge < -0.3 is 24.6 Å². The van der Waals surface area contributed by atoms with Crippen LogP contribution in [0.15, 0.2) is 30.3 Å². The number of hydrogen-bond donors (Lipinski definition) is 2. The van der Waals surface area contributed by atoms with E-state index in [-0.39, 0.29) is 6.42 Å². The SMILES string of the molecule is C1CCOCC1.C1CCOCC1.CC(C)(C)OC(=O)NC(Cc1ccccc1)C(=O)O. The van der Waals surface area contributed by atoms with Gasteiger partial charge in [-0.25, -0.2) is 9.59 Å². The molecule has 31 heavy (non-hydrogen) atoms. The van der Waals surface area contributed by atoms with Crippen LogP contribution in [0.2, 0.25) is 0 Å². The van der Waals surface area contributed by atoms with Gasteiger partial charge in [0.15, 0.2) is 0 Å². The van der Waals surface area contributed by atoms with Crippen LogP contribution in [0.5, 0.6) is 0 Å². The van der Waals surface area contributed by atoms with Crippen LogP contribution in [-0.4, -0.2) is 55.2 Å². The van der Waals surface area contributed by atoms with Gasteiger partial charge in [0.2, 0.25) is 0 Å². The second-order valence-corrected chi connectivity index (χ2v) is 8.57. The van der Waals surface area contributed by atoms with Crippen LogP contribution in [0, 0.1) is 0 Å². The first-order chi connectivity index (χ1) is 14.8. The van der Waals surface area contributed by atoms with Gasteiger partial charge in [-0.05, 0) is 64.9 Å². The number of carbonyl (C=O) groups is 2. The lowest BCUT2D eigenvalue weighted by molar-refractivity contribution is -0.139. The van der Waals surface area contributed by atoms with Crippen molar-refractivity contribution in [2.24, 2.45) is 0 Å². The van der Waals surface area contributed by atoms with E-state index in [0.717, 1.165) is 32.0 Å². The number of benzene rings is 1. The summed E-state index contributed by atoms with van der Waals surface area (Å²) in [6.07, 6.45) is 7.35. The van der Waals surface area contributed by atoms with Crippen molar-refractivity contribution >= 4 is 12.1 Å². The predicted molar refractivity (Wildman–Crippen MR) is 120 cm³/mol. The van der Waals surface area contributed by atoms with E-state index in [2.05, 4.69) is 5.32 Å². The first-order valence-corrected chi connectivity index (χ1v) is 11.2. The fraction of sp³-hybridized carbons (Fsp3) is 0.667. The highest BCUT2D eigenvalue weighted by Crippen LogP contribution is 2.08. The molecular weight excluding hydrogens is 398 g/mol. The van der Waals surface area contributed by atoms with Crippen molar-refractivity contribution in [2.45, 2.75) is 77.4 Å². The number of carbonyl (C=O) groups excluding carboxylic acids is 1. The largest absolute Gasteiger partial charge is 0.480 e. The Hall–Kier alpha value is -2.12. The minimum absolute atomic E-state index is 0.218. The zero-order valence-corrected chi connectivity index (χ0v) is 19.2. The molecule has 1 atom stereocenters. The monoisotopic (exact) mass is 437 g/mol. The van der Waals surface area contributed by atoms with Gasteiger partial charge in [0.25, 0.3) is 0 Å². The van der Waals surface area contributed by atoms with Gasteiger partial charge in [0.1, 0.15) is 11.6 Å². The topological polar surface area (TPSA) is 94.1 Å². The molecule has 7 nitrogen and oxygen atoms in total. The average Bonchev–Trinajstić information content (AvgIpc) is 2.76. The molecule has 7 heteroatoms. The van der Waals surface area contributed by atoms with Crippen molar-refractivity contribution in [3.63, 3.8) is 0 Å². The maximum absolute atomic E-state index is 11.6. The van der Waals surface area contributed by atoms with Crippen LogP contribution in [0.25, 0.3) is 0 Å². The number of rotatable bonds is 4. The van der Waals surface area contributed by atoms with E-state index in [9.17, 15) is 9.59 Å². The molecule has 0 aliphatic carbocycles. The Bertz CT molecular complexity index is 571. The summed E-state index contributed by atoms with van der Waals surface area (Å²) in [5, 5.41) is 11.5. The van der Waals surface area contributed by atoms with Crippen LogP contribution in [0.3, 0.4) is 0 Å². The molecule has 2 saturated heterocycles. The zero-order valence-electron chi connectivity index (χ0n) is 19.2. The fourth-order valence-corrected chi connectivity index (χ4v) is 2.87. The van der Waals surface area contributed by atoms with Gasteiger partial charge in [0.05, 0.1) is 0 Å². The molecule has 2 heterocycles. The molecule has 0 saturated carbocycles. The molecule has 0 bridgehead atoms. The van der Waals surface area contributed by atoms with Crippen molar-refractivity contribution in [1.29, 1.82) is 0 Å². The maximum Gasteiger partial charge on any atom is 0.408 e. The van der Waals surface area contributed by atoms with E-state index in [0.29, 0.717) is 0 Å². The van der Waals surface area contributed by atoms with E-state index < -0.39 is 23.7 Å². The number of ether oxygens (including phenoxy) is 3. The second-order valence-electron chi connectivity index (χ2n) is 8.57. The quantitative estimate of drug-likeness (QED) is 0.716. The number of carboxylic acid groups (broad SMARTS) is 1. The highest BCUT2D eigenvalue weighted by molar-refractivity contribution is 5.80. The Morgan fingerprint density at radius 1 is 0.935 bits per heavy atom. The number of aliphatic carboxylic acids is 1. The van der Waals surface area contributed by atoms with E-state index in [1.165, 1.54) is 38.5 Å². The average molecular weight is 438 g/mol. The molecule has 1 aromatic rings. The van der Waals surface area contributed by atoms with Crippen LogP contribution < -0.4 is 5.32 Å². The van der Waals surface area contributed by atoms with Crippen molar-refractivity contribution in [1.82, 2.24) is 5.32 Å². The smallest absolute Gasteiger partial charge is 0.408 e. The van der Waals surface area contributed by atoms with E-state index in [1.54, 1.807) is 20.8 Å². The van der Waals surface area contributed by atoms with E-state index in [4.69, 9.17) is 19.3 Å². The van der Waals surface area contributed by atoms with Gasteiger partial charge in [-0.2, -0.15) is 0 Å². The third kappa shape index (κ3) is 15.3. The molecule has 2 aliphatic rings. The molecular formula is C24H39NO6. The molecule has 3 rings (SSSR count). The Morgan fingerprint density at radius 3 is 1.74 bits per heavy atom. The molecule has 2 fully saturated rings.